The predicted octanol–water partition coefficient (Wildman–Crippen LogP) is 3.89. The first-order valence-corrected chi connectivity index (χ1v) is 9.91. The lowest BCUT2D eigenvalue weighted by atomic mass is 10.3. The van der Waals surface area contributed by atoms with Crippen LogP contribution in [0.15, 0.2) is 30.9 Å². The lowest BCUT2D eigenvalue weighted by molar-refractivity contribution is 0.0114. The number of H-pyrrole nitrogens is 1. The maximum Gasteiger partial charge on any atom is 0.261 e. The number of halogens is 3. The van der Waals surface area contributed by atoms with Gasteiger partial charge in [-0.1, -0.05) is 0 Å². The second-order valence-electron chi connectivity index (χ2n) is 7.18. The molecule has 0 atom stereocenters. The molecule has 1 fully saturated rings. The van der Waals surface area contributed by atoms with E-state index < -0.39 is 5.92 Å². The third-order valence-corrected chi connectivity index (χ3v) is 5.58. The summed E-state index contributed by atoms with van der Waals surface area (Å²) in [5.41, 5.74) is 4.10. The first-order valence-electron chi connectivity index (χ1n) is 9.13. The summed E-state index contributed by atoms with van der Waals surface area (Å²) in [4.78, 5) is 10.8. The van der Waals surface area contributed by atoms with Crippen LogP contribution in [-0.2, 0) is 6.54 Å². The Morgan fingerprint density at radius 1 is 1.33 bits per heavy atom. The Labute approximate surface area is 180 Å². The zero-order valence-corrected chi connectivity index (χ0v) is 17.6. The van der Waals surface area contributed by atoms with Crippen molar-refractivity contribution in [3.8, 4) is 11.3 Å². The SMILES string of the molecule is Cc1cn2c(-c3cn[nH]c3)cnc2c(Nc2cc(CN3CCC(F)(F)C3)ns2)n1.Cl. The van der Waals surface area contributed by atoms with Crippen molar-refractivity contribution in [3.63, 3.8) is 0 Å². The number of aromatic nitrogens is 6. The number of anilines is 2. The quantitative estimate of drug-likeness (QED) is 0.477. The van der Waals surface area contributed by atoms with Gasteiger partial charge in [0.15, 0.2) is 11.5 Å². The van der Waals surface area contributed by atoms with Crippen LogP contribution < -0.4 is 5.32 Å². The molecule has 4 aromatic rings. The Morgan fingerprint density at radius 2 is 2.20 bits per heavy atom. The molecule has 0 aromatic carbocycles. The van der Waals surface area contributed by atoms with E-state index in [4.69, 9.17) is 0 Å². The first-order chi connectivity index (χ1) is 14.0. The average molecular weight is 453 g/mol. The van der Waals surface area contributed by atoms with Gasteiger partial charge in [0.1, 0.15) is 5.00 Å². The number of hydrogen-bond acceptors (Lipinski definition) is 7. The minimum atomic E-state index is -2.60. The zero-order chi connectivity index (χ0) is 20.0. The van der Waals surface area contributed by atoms with E-state index in [-0.39, 0.29) is 25.4 Å². The highest BCUT2D eigenvalue weighted by molar-refractivity contribution is 7.10. The van der Waals surface area contributed by atoms with E-state index in [9.17, 15) is 8.78 Å². The van der Waals surface area contributed by atoms with Crippen LogP contribution in [0.1, 0.15) is 17.8 Å². The van der Waals surface area contributed by atoms with Crippen LogP contribution in [0, 0.1) is 6.92 Å². The molecule has 30 heavy (non-hydrogen) atoms. The van der Waals surface area contributed by atoms with E-state index in [0.29, 0.717) is 24.6 Å². The minimum absolute atomic E-state index is 0. The summed E-state index contributed by atoms with van der Waals surface area (Å²) < 4.78 is 33.1. The molecule has 0 amide bonds. The second kappa shape index (κ2) is 7.89. The normalized spacial score (nSPS) is 16.1. The molecule has 0 saturated carbocycles. The van der Waals surface area contributed by atoms with Crippen molar-refractivity contribution in [2.75, 3.05) is 18.4 Å². The molecule has 4 aromatic heterocycles. The summed E-state index contributed by atoms with van der Waals surface area (Å²) in [5.74, 6) is -1.98. The van der Waals surface area contributed by atoms with Crippen LogP contribution >= 0.6 is 23.9 Å². The van der Waals surface area contributed by atoms with Gasteiger partial charge in [0.2, 0.25) is 0 Å². The lowest BCUT2D eigenvalue weighted by Crippen LogP contribution is -2.24. The zero-order valence-electron chi connectivity index (χ0n) is 16.0. The standard InChI is InChI=1S/C18H18F2N8S.ClH/c1-11-8-28-14(12-5-22-23-6-12)7-21-17(28)16(24-11)25-15-4-13(26-29-15)9-27-3-2-18(19,20)10-27;/h4-8H,2-3,9-10H2,1H3,(H,22,23)(H,24,25);1H. The molecule has 1 aliphatic heterocycles. The fraction of sp³-hybridized carbons (Fsp3) is 0.333. The number of hydrogen-bond donors (Lipinski definition) is 2. The van der Waals surface area contributed by atoms with Crippen molar-refractivity contribution in [2.45, 2.75) is 25.8 Å². The van der Waals surface area contributed by atoms with Crippen LogP contribution in [0.3, 0.4) is 0 Å². The Bertz CT molecular complexity index is 1160. The molecule has 5 heterocycles. The Morgan fingerprint density at radius 3 is 2.93 bits per heavy atom. The van der Waals surface area contributed by atoms with Crippen LogP contribution in [-0.4, -0.2) is 52.9 Å². The van der Waals surface area contributed by atoms with Crippen molar-refractivity contribution in [1.29, 1.82) is 0 Å². The van der Waals surface area contributed by atoms with Gasteiger partial charge in [0, 0.05) is 37.5 Å². The monoisotopic (exact) mass is 452 g/mol. The Balaban J connectivity index is 0.00000218. The third-order valence-electron chi connectivity index (χ3n) is 4.84. The van der Waals surface area contributed by atoms with Gasteiger partial charge in [-0.05, 0) is 24.5 Å². The van der Waals surface area contributed by atoms with Gasteiger partial charge in [0.05, 0.1) is 36.0 Å². The summed E-state index contributed by atoms with van der Waals surface area (Å²) in [5, 5.41) is 10.9. The molecule has 0 bridgehead atoms. The predicted molar refractivity (Wildman–Crippen MR) is 113 cm³/mol. The maximum atomic E-state index is 13.4. The number of likely N-dealkylation sites (tertiary alicyclic amines) is 1. The Kier molecular flexibility index (Phi) is 5.43. The van der Waals surface area contributed by atoms with Crippen molar-refractivity contribution in [1.82, 2.24) is 33.8 Å². The molecule has 0 aliphatic carbocycles. The summed E-state index contributed by atoms with van der Waals surface area (Å²) in [7, 11) is 0. The number of nitrogens with zero attached hydrogens (tertiary/aromatic N) is 6. The molecule has 0 spiro atoms. The molecule has 158 valence electrons. The molecular weight excluding hydrogens is 434 g/mol. The van der Waals surface area contributed by atoms with Gasteiger partial charge in [-0.15, -0.1) is 12.4 Å². The highest BCUT2D eigenvalue weighted by Gasteiger charge is 2.38. The van der Waals surface area contributed by atoms with E-state index in [0.717, 1.165) is 27.6 Å². The molecule has 8 nitrogen and oxygen atoms in total. The molecule has 1 saturated heterocycles. The molecule has 1 aliphatic rings. The number of aryl methyl sites for hydroxylation is 1. The largest absolute Gasteiger partial charge is 0.328 e. The molecule has 2 N–H and O–H groups in total. The summed E-state index contributed by atoms with van der Waals surface area (Å²) in [6.07, 6.45) is 7.15. The van der Waals surface area contributed by atoms with Crippen LogP contribution in [0.25, 0.3) is 16.9 Å². The fourth-order valence-corrected chi connectivity index (χ4v) is 4.19. The van der Waals surface area contributed by atoms with E-state index in [1.165, 1.54) is 11.5 Å². The molecule has 12 heteroatoms. The molecule has 5 rings (SSSR count). The van der Waals surface area contributed by atoms with Gasteiger partial charge in [-0.3, -0.25) is 14.4 Å². The van der Waals surface area contributed by atoms with E-state index >= 15 is 0 Å². The lowest BCUT2D eigenvalue weighted by Gasteiger charge is -2.13. The third kappa shape index (κ3) is 4.00. The smallest absolute Gasteiger partial charge is 0.261 e. The van der Waals surface area contributed by atoms with Crippen molar-refractivity contribution < 1.29 is 8.78 Å². The van der Waals surface area contributed by atoms with Crippen LogP contribution in [0.2, 0.25) is 0 Å². The summed E-state index contributed by atoms with van der Waals surface area (Å²) in [6.45, 7) is 2.50. The first kappa shape index (κ1) is 20.6. The van der Waals surface area contributed by atoms with E-state index in [2.05, 4.69) is 29.9 Å². The molecule has 0 unspecified atom stereocenters. The van der Waals surface area contributed by atoms with E-state index in [1.807, 2.05) is 29.8 Å². The van der Waals surface area contributed by atoms with Gasteiger partial charge in [0.25, 0.3) is 5.92 Å². The van der Waals surface area contributed by atoms with Crippen LogP contribution in [0.5, 0.6) is 0 Å². The molecular formula is C18H19ClF2N8S. The second-order valence-corrected chi connectivity index (χ2v) is 7.98. The van der Waals surface area contributed by atoms with E-state index in [1.54, 1.807) is 17.3 Å². The van der Waals surface area contributed by atoms with Gasteiger partial charge in [-0.2, -0.15) is 9.47 Å². The average Bonchev–Trinajstić information content (AvgIpc) is 3.42. The minimum Gasteiger partial charge on any atom is -0.328 e. The van der Waals surface area contributed by atoms with Gasteiger partial charge >= 0.3 is 0 Å². The summed E-state index contributed by atoms with van der Waals surface area (Å²) >= 11 is 1.28. The highest BCUT2D eigenvalue weighted by Crippen LogP contribution is 2.30. The fourth-order valence-electron chi connectivity index (χ4n) is 3.53. The van der Waals surface area contributed by atoms with Gasteiger partial charge in [-0.25, -0.2) is 18.7 Å². The number of imidazole rings is 1. The molecule has 0 radical (unpaired) electrons. The maximum absolute atomic E-state index is 13.4. The summed E-state index contributed by atoms with van der Waals surface area (Å²) in [6, 6.07) is 1.88. The van der Waals surface area contributed by atoms with Crippen molar-refractivity contribution in [3.05, 3.63) is 42.2 Å². The van der Waals surface area contributed by atoms with Gasteiger partial charge < -0.3 is 5.32 Å². The number of nitrogens with one attached hydrogen (secondary N) is 2. The van der Waals surface area contributed by atoms with Crippen LogP contribution in [0.4, 0.5) is 19.6 Å². The Hall–Kier alpha value is -2.63. The topological polar surface area (TPSA) is 87.0 Å². The van der Waals surface area contributed by atoms with Crippen molar-refractivity contribution >= 4 is 40.4 Å². The number of rotatable bonds is 5. The number of alkyl halides is 2. The van der Waals surface area contributed by atoms with Crippen molar-refractivity contribution in [2.24, 2.45) is 0 Å². The number of aromatic amines is 1. The highest BCUT2D eigenvalue weighted by atomic mass is 35.5. The number of fused-ring (bicyclic) bond motifs is 1.